The molecule has 0 spiro atoms. The lowest BCUT2D eigenvalue weighted by atomic mass is 9.87. The predicted molar refractivity (Wildman–Crippen MR) is 114 cm³/mol. The third kappa shape index (κ3) is 7.16. The zero-order valence-electron chi connectivity index (χ0n) is 18.2. The van der Waals surface area contributed by atoms with Crippen LogP contribution in [0.1, 0.15) is 50.5 Å². The van der Waals surface area contributed by atoms with Crippen LogP contribution in [0.3, 0.4) is 0 Å². The number of benzene rings is 1. The zero-order chi connectivity index (χ0) is 21.6. The maximum Gasteiger partial charge on any atom is 0.251 e. The van der Waals surface area contributed by atoms with E-state index in [9.17, 15) is 14.4 Å². The Kier molecular flexibility index (Phi) is 7.79. The molecule has 1 saturated heterocycles. The molecule has 1 aliphatic heterocycles. The molecular formula is C22H34N4O3. The number of nitrogens with zero attached hydrogens (tertiary/aromatic N) is 2. The number of hydrogen-bond donors (Lipinski definition) is 2. The molecule has 2 rings (SSSR count). The van der Waals surface area contributed by atoms with Crippen molar-refractivity contribution in [1.82, 2.24) is 20.4 Å². The van der Waals surface area contributed by atoms with Gasteiger partial charge in [0.25, 0.3) is 5.91 Å². The number of nitrogens with one attached hydrogen (secondary N) is 2. The van der Waals surface area contributed by atoms with Gasteiger partial charge in [0.2, 0.25) is 11.8 Å². The van der Waals surface area contributed by atoms with Crippen molar-refractivity contribution in [3.63, 3.8) is 0 Å². The van der Waals surface area contributed by atoms with Crippen LogP contribution in [0.5, 0.6) is 0 Å². The van der Waals surface area contributed by atoms with E-state index in [1.165, 1.54) is 0 Å². The highest BCUT2D eigenvalue weighted by molar-refractivity contribution is 5.96. The maximum absolute atomic E-state index is 12.4. The summed E-state index contributed by atoms with van der Waals surface area (Å²) in [5, 5.41) is 5.59. The van der Waals surface area contributed by atoms with Gasteiger partial charge in [0.05, 0.1) is 13.1 Å². The lowest BCUT2D eigenvalue weighted by Gasteiger charge is -2.34. The summed E-state index contributed by atoms with van der Waals surface area (Å²) < 4.78 is 0. The minimum Gasteiger partial charge on any atom is -0.353 e. The molecule has 2 N–H and O–H groups in total. The summed E-state index contributed by atoms with van der Waals surface area (Å²) >= 11 is 0. The molecule has 0 unspecified atom stereocenters. The molecule has 29 heavy (non-hydrogen) atoms. The Morgan fingerprint density at radius 1 is 1.00 bits per heavy atom. The lowest BCUT2D eigenvalue weighted by Crippen LogP contribution is -2.53. The fraction of sp³-hybridized carbons (Fsp3) is 0.591. The monoisotopic (exact) mass is 402 g/mol. The summed E-state index contributed by atoms with van der Waals surface area (Å²) in [7, 11) is 0. The first-order valence-electron chi connectivity index (χ1n) is 10.2. The van der Waals surface area contributed by atoms with E-state index < -0.39 is 0 Å². The fourth-order valence-corrected chi connectivity index (χ4v) is 3.22. The van der Waals surface area contributed by atoms with Crippen molar-refractivity contribution in [3.05, 3.63) is 35.4 Å². The number of carbonyl (C=O) groups is 3. The summed E-state index contributed by atoms with van der Waals surface area (Å²) in [6, 6.07) is 7.61. The highest BCUT2D eigenvalue weighted by Crippen LogP contribution is 2.22. The number of hydrogen-bond acceptors (Lipinski definition) is 4. The standard InChI is InChI=1S/C22H34N4O3/c1-16(2)24-19(27)15-25-10-12-26(13-11-25)20(28)14-23-21(29)17-6-8-18(9-7-17)22(3,4)5/h6-9,16H,10-15H2,1-5H3,(H,23,29)(H,24,27). The van der Waals surface area contributed by atoms with Crippen molar-refractivity contribution in [2.75, 3.05) is 39.3 Å². The van der Waals surface area contributed by atoms with Crippen LogP contribution in [0.2, 0.25) is 0 Å². The number of carbonyl (C=O) groups excluding carboxylic acids is 3. The second kappa shape index (κ2) is 9.87. The Balaban J connectivity index is 1.75. The lowest BCUT2D eigenvalue weighted by molar-refractivity contribution is -0.132. The van der Waals surface area contributed by atoms with Crippen molar-refractivity contribution in [2.24, 2.45) is 0 Å². The Labute approximate surface area is 173 Å². The van der Waals surface area contributed by atoms with Gasteiger partial charge in [-0.2, -0.15) is 0 Å². The van der Waals surface area contributed by atoms with Gasteiger partial charge < -0.3 is 15.5 Å². The number of amides is 3. The molecule has 0 saturated carbocycles. The summed E-state index contributed by atoms with van der Waals surface area (Å²) in [5.41, 5.74) is 1.74. The van der Waals surface area contributed by atoms with Crippen molar-refractivity contribution in [3.8, 4) is 0 Å². The van der Waals surface area contributed by atoms with Crippen LogP contribution in [0.15, 0.2) is 24.3 Å². The molecule has 160 valence electrons. The number of rotatable bonds is 6. The molecule has 1 aromatic carbocycles. The van der Waals surface area contributed by atoms with Gasteiger partial charge in [-0.3, -0.25) is 19.3 Å². The van der Waals surface area contributed by atoms with Crippen LogP contribution in [0.25, 0.3) is 0 Å². The molecule has 0 bridgehead atoms. The minimum atomic E-state index is -0.247. The third-order valence-corrected chi connectivity index (χ3v) is 4.96. The van der Waals surface area contributed by atoms with Crippen LogP contribution in [0.4, 0.5) is 0 Å². The van der Waals surface area contributed by atoms with Crippen LogP contribution in [-0.4, -0.2) is 72.8 Å². The molecule has 7 nitrogen and oxygen atoms in total. The van der Waals surface area contributed by atoms with E-state index in [-0.39, 0.29) is 35.7 Å². The zero-order valence-corrected chi connectivity index (χ0v) is 18.2. The molecule has 0 atom stereocenters. The van der Waals surface area contributed by atoms with Gasteiger partial charge in [0.1, 0.15) is 0 Å². The van der Waals surface area contributed by atoms with E-state index in [4.69, 9.17) is 0 Å². The van der Waals surface area contributed by atoms with Crippen molar-refractivity contribution in [2.45, 2.75) is 46.1 Å². The highest BCUT2D eigenvalue weighted by Gasteiger charge is 2.23. The van der Waals surface area contributed by atoms with Gasteiger partial charge in [-0.1, -0.05) is 32.9 Å². The molecule has 1 fully saturated rings. The normalized spacial score (nSPS) is 15.3. The van der Waals surface area contributed by atoms with Crippen molar-refractivity contribution >= 4 is 17.7 Å². The van der Waals surface area contributed by atoms with Crippen LogP contribution in [-0.2, 0) is 15.0 Å². The van der Waals surface area contributed by atoms with E-state index in [0.717, 1.165) is 5.56 Å². The second-order valence-corrected chi connectivity index (χ2v) is 8.89. The first kappa shape index (κ1) is 22.9. The molecule has 0 aromatic heterocycles. The van der Waals surface area contributed by atoms with Gasteiger partial charge in [-0.25, -0.2) is 0 Å². The Morgan fingerprint density at radius 3 is 2.10 bits per heavy atom. The molecular weight excluding hydrogens is 368 g/mol. The van der Waals surface area contributed by atoms with Gasteiger partial charge >= 0.3 is 0 Å². The Morgan fingerprint density at radius 2 is 1.59 bits per heavy atom. The van der Waals surface area contributed by atoms with Gasteiger partial charge in [-0.05, 0) is 37.0 Å². The summed E-state index contributed by atoms with van der Waals surface area (Å²) in [4.78, 5) is 40.3. The molecule has 1 aromatic rings. The molecule has 0 radical (unpaired) electrons. The average Bonchev–Trinajstić information content (AvgIpc) is 2.65. The van der Waals surface area contributed by atoms with E-state index in [0.29, 0.717) is 38.3 Å². The molecule has 7 heteroatoms. The molecule has 3 amide bonds. The second-order valence-electron chi connectivity index (χ2n) is 8.89. The van der Waals surface area contributed by atoms with Crippen molar-refractivity contribution in [1.29, 1.82) is 0 Å². The van der Waals surface area contributed by atoms with E-state index >= 15 is 0 Å². The van der Waals surface area contributed by atoms with Crippen LogP contribution in [0, 0.1) is 0 Å². The highest BCUT2D eigenvalue weighted by atomic mass is 16.2. The van der Waals surface area contributed by atoms with E-state index in [1.54, 1.807) is 17.0 Å². The first-order valence-corrected chi connectivity index (χ1v) is 10.2. The largest absolute Gasteiger partial charge is 0.353 e. The quantitative estimate of drug-likeness (QED) is 0.753. The van der Waals surface area contributed by atoms with Gasteiger partial charge in [0.15, 0.2) is 0 Å². The third-order valence-electron chi connectivity index (χ3n) is 4.96. The topological polar surface area (TPSA) is 81.8 Å². The van der Waals surface area contributed by atoms with Crippen LogP contribution >= 0.6 is 0 Å². The van der Waals surface area contributed by atoms with Gasteiger partial charge in [0, 0.05) is 37.8 Å². The smallest absolute Gasteiger partial charge is 0.251 e. The molecule has 1 aliphatic rings. The van der Waals surface area contributed by atoms with Crippen molar-refractivity contribution < 1.29 is 14.4 Å². The van der Waals surface area contributed by atoms with E-state index in [1.807, 2.05) is 30.9 Å². The Bertz CT molecular complexity index is 715. The molecule has 1 heterocycles. The minimum absolute atomic E-state index is 0.00418. The summed E-state index contributed by atoms with van der Waals surface area (Å²) in [5.74, 6) is -0.344. The number of piperazine rings is 1. The molecule has 0 aliphatic carbocycles. The SMILES string of the molecule is CC(C)NC(=O)CN1CCN(C(=O)CNC(=O)c2ccc(C(C)(C)C)cc2)CC1. The predicted octanol–water partition coefficient (Wildman–Crippen LogP) is 1.38. The maximum atomic E-state index is 12.4. The van der Waals surface area contributed by atoms with Gasteiger partial charge in [-0.15, -0.1) is 0 Å². The fourth-order valence-electron chi connectivity index (χ4n) is 3.22. The summed E-state index contributed by atoms with van der Waals surface area (Å²) in [6.07, 6.45) is 0. The van der Waals surface area contributed by atoms with E-state index in [2.05, 4.69) is 31.4 Å². The summed E-state index contributed by atoms with van der Waals surface area (Å²) in [6.45, 7) is 13.0. The van der Waals surface area contributed by atoms with Crippen LogP contribution < -0.4 is 10.6 Å². The Hall–Kier alpha value is -2.41. The first-order chi connectivity index (χ1) is 13.6. The average molecular weight is 403 g/mol.